The highest BCUT2D eigenvalue weighted by atomic mass is 16.5. The molecule has 0 aromatic heterocycles. The summed E-state index contributed by atoms with van der Waals surface area (Å²) in [6.07, 6.45) is 3.64. The minimum atomic E-state index is -0.0266. The lowest BCUT2D eigenvalue weighted by molar-refractivity contribution is -0.121. The largest absolute Gasteiger partial charge is 0.497 e. The Morgan fingerprint density at radius 3 is 2.53 bits per heavy atom. The Morgan fingerprint density at radius 2 is 1.95 bits per heavy atom. The molecule has 4 heteroatoms. The van der Waals surface area contributed by atoms with Gasteiger partial charge in [-0.25, -0.2) is 5.43 Å². The van der Waals surface area contributed by atoms with Crippen LogP contribution in [0, 0.1) is 0 Å². The first-order valence-electron chi connectivity index (χ1n) is 6.65. The van der Waals surface area contributed by atoms with Crippen molar-refractivity contribution in [1.82, 2.24) is 5.43 Å². The van der Waals surface area contributed by atoms with Crippen molar-refractivity contribution < 1.29 is 9.53 Å². The van der Waals surface area contributed by atoms with Crippen molar-refractivity contribution in [3.8, 4) is 5.75 Å². The summed E-state index contributed by atoms with van der Waals surface area (Å²) in [7, 11) is 1.63. The molecule has 1 aromatic carbocycles. The van der Waals surface area contributed by atoms with Crippen molar-refractivity contribution in [2.45, 2.75) is 39.5 Å². The third-order valence-corrected chi connectivity index (χ3v) is 2.86. The molecule has 1 aromatic rings. The van der Waals surface area contributed by atoms with Crippen LogP contribution in [0.1, 0.15) is 45.1 Å². The molecule has 104 valence electrons. The third kappa shape index (κ3) is 5.55. The Balaban J connectivity index is 2.49. The molecule has 0 fully saturated rings. The summed E-state index contributed by atoms with van der Waals surface area (Å²) in [6.45, 7) is 3.98. The SMILES string of the molecule is CCCCCC(=O)N/N=C(/C)c1ccc(OC)cc1. The molecule has 4 nitrogen and oxygen atoms in total. The molecular weight excluding hydrogens is 240 g/mol. The number of hydrazone groups is 1. The average Bonchev–Trinajstić information content (AvgIpc) is 2.45. The normalized spacial score (nSPS) is 11.2. The van der Waals surface area contributed by atoms with E-state index in [-0.39, 0.29) is 5.91 Å². The maximum absolute atomic E-state index is 11.5. The van der Waals surface area contributed by atoms with Crippen LogP contribution in [-0.2, 0) is 4.79 Å². The van der Waals surface area contributed by atoms with E-state index in [0.29, 0.717) is 6.42 Å². The molecule has 0 spiro atoms. The summed E-state index contributed by atoms with van der Waals surface area (Å²) in [6, 6.07) is 7.58. The van der Waals surface area contributed by atoms with Crippen LogP contribution in [0.25, 0.3) is 0 Å². The zero-order chi connectivity index (χ0) is 14.1. The summed E-state index contributed by atoms with van der Waals surface area (Å²) in [5.41, 5.74) is 4.34. The first kappa shape index (κ1) is 15.2. The van der Waals surface area contributed by atoms with Crippen LogP contribution in [0.15, 0.2) is 29.4 Å². The lowest BCUT2D eigenvalue weighted by Gasteiger charge is -2.04. The number of rotatable bonds is 7. The molecule has 1 N–H and O–H groups in total. The standard InChI is InChI=1S/C15H22N2O2/c1-4-5-6-7-15(18)17-16-12(2)13-8-10-14(19-3)11-9-13/h8-11H,4-7H2,1-3H3,(H,17,18)/b16-12-. The van der Waals surface area contributed by atoms with Gasteiger partial charge in [-0.15, -0.1) is 0 Å². The quantitative estimate of drug-likeness (QED) is 0.466. The molecule has 0 aliphatic carbocycles. The second-order valence-corrected chi connectivity index (χ2v) is 4.42. The third-order valence-electron chi connectivity index (χ3n) is 2.86. The molecule has 1 amide bonds. The van der Waals surface area contributed by atoms with Gasteiger partial charge >= 0.3 is 0 Å². The minimum absolute atomic E-state index is 0.0266. The fraction of sp³-hybridized carbons (Fsp3) is 0.467. The summed E-state index contributed by atoms with van der Waals surface area (Å²) in [4.78, 5) is 11.5. The smallest absolute Gasteiger partial charge is 0.240 e. The van der Waals surface area contributed by atoms with Gasteiger partial charge in [0.2, 0.25) is 5.91 Å². The lowest BCUT2D eigenvalue weighted by Crippen LogP contribution is -2.18. The number of unbranched alkanes of at least 4 members (excludes halogenated alkanes) is 2. The summed E-state index contributed by atoms with van der Waals surface area (Å²) in [5, 5.41) is 4.10. The maximum atomic E-state index is 11.5. The van der Waals surface area contributed by atoms with Gasteiger partial charge in [0.25, 0.3) is 0 Å². The second kappa shape index (κ2) is 8.29. The molecule has 1 rings (SSSR count). The molecule has 0 saturated carbocycles. The van der Waals surface area contributed by atoms with Gasteiger partial charge in [-0.2, -0.15) is 5.10 Å². The van der Waals surface area contributed by atoms with Crippen molar-refractivity contribution in [3.05, 3.63) is 29.8 Å². The van der Waals surface area contributed by atoms with Crippen LogP contribution in [0.4, 0.5) is 0 Å². The molecule has 0 saturated heterocycles. The lowest BCUT2D eigenvalue weighted by atomic mass is 10.1. The molecule has 0 bridgehead atoms. The van der Waals surface area contributed by atoms with Crippen molar-refractivity contribution in [3.63, 3.8) is 0 Å². The predicted octanol–water partition coefficient (Wildman–Crippen LogP) is 3.12. The Bertz CT molecular complexity index is 424. The Labute approximate surface area is 114 Å². The van der Waals surface area contributed by atoms with Crippen molar-refractivity contribution in [2.75, 3.05) is 7.11 Å². The van der Waals surface area contributed by atoms with Gasteiger partial charge in [-0.3, -0.25) is 4.79 Å². The number of methoxy groups -OCH3 is 1. The number of nitrogens with one attached hydrogen (secondary N) is 1. The summed E-state index contributed by atoms with van der Waals surface area (Å²) in [5.74, 6) is 0.779. The fourth-order valence-electron chi connectivity index (χ4n) is 1.63. The molecule has 0 unspecified atom stereocenters. The Morgan fingerprint density at radius 1 is 1.26 bits per heavy atom. The Hall–Kier alpha value is -1.84. The van der Waals surface area contributed by atoms with Gasteiger partial charge in [0.05, 0.1) is 12.8 Å². The summed E-state index contributed by atoms with van der Waals surface area (Å²) >= 11 is 0. The highest BCUT2D eigenvalue weighted by molar-refractivity contribution is 5.99. The van der Waals surface area contributed by atoms with E-state index in [9.17, 15) is 4.79 Å². The number of hydrogen-bond acceptors (Lipinski definition) is 3. The average molecular weight is 262 g/mol. The molecular formula is C15H22N2O2. The number of benzene rings is 1. The zero-order valence-electron chi connectivity index (χ0n) is 11.9. The summed E-state index contributed by atoms with van der Waals surface area (Å²) < 4.78 is 5.09. The van der Waals surface area contributed by atoms with Gasteiger partial charge in [-0.1, -0.05) is 19.8 Å². The predicted molar refractivity (Wildman–Crippen MR) is 77.5 cm³/mol. The van der Waals surface area contributed by atoms with Gasteiger partial charge < -0.3 is 4.74 Å². The maximum Gasteiger partial charge on any atom is 0.240 e. The minimum Gasteiger partial charge on any atom is -0.497 e. The first-order valence-corrected chi connectivity index (χ1v) is 6.65. The molecule has 19 heavy (non-hydrogen) atoms. The number of nitrogens with zero attached hydrogens (tertiary/aromatic N) is 1. The monoisotopic (exact) mass is 262 g/mol. The molecule has 0 aliphatic heterocycles. The van der Waals surface area contributed by atoms with E-state index in [2.05, 4.69) is 17.5 Å². The number of ether oxygens (including phenoxy) is 1. The number of hydrogen-bond donors (Lipinski definition) is 1. The van der Waals surface area contributed by atoms with E-state index in [4.69, 9.17) is 4.74 Å². The van der Waals surface area contributed by atoms with Crippen LogP contribution < -0.4 is 10.2 Å². The molecule has 0 heterocycles. The van der Waals surface area contributed by atoms with Crippen LogP contribution in [0.3, 0.4) is 0 Å². The van der Waals surface area contributed by atoms with Gasteiger partial charge in [-0.05, 0) is 43.2 Å². The molecule has 0 aliphatic rings. The van der Waals surface area contributed by atoms with E-state index < -0.39 is 0 Å². The van der Waals surface area contributed by atoms with Crippen LogP contribution in [0.5, 0.6) is 5.75 Å². The van der Waals surface area contributed by atoms with Crippen LogP contribution in [-0.4, -0.2) is 18.7 Å². The van der Waals surface area contributed by atoms with E-state index >= 15 is 0 Å². The van der Waals surface area contributed by atoms with Crippen molar-refractivity contribution in [2.24, 2.45) is 5.10 Å². The van der Waals surface area contributed by atoms with Crippen molar-refractivity contribution in [1.29, 1.82) is 0 Å². The van der Waals surface area contributed by atoms with E-state index in [1.165, 1.54) is 0 Å². The van der Waals surface area contributed by atoms with Crippen LogP contribution >= 0.6 is 0 Å². The highest BCUT2D eigenvalue weighted by Gasteiger charge is 2.01. The van der Waals surface area contributed by atoms with E-state index in [1.54, 1.807) is 7.11 Å². The van der Waals surface area contributed by atoms with Crippen LogP contribution in [0.2, 0.25) is 0 Å². The van der Waals surface area contributed by atoms with Gasteiger partial charge in [0.1, 0.15) is 5.75 Å². The molecule has 0 radical (unpaired) electrons. The van der Waals surface area contributed by atoms with Gasteiger partial charge in [0, 0.05) is 6.42 Å². The first-order chi connectivity index (χ1) is 9.17. The fourth-order valence-corrected chi connectivity index (χ4v) is 1.63. The number of amides is 1. The van der Waals surface area contributed by atoms with E-state index in [1.807, 2.05) is 31.2 Å². The van der Waals surface area contributed by atoms with Gasteiger partial charge in [0.15, 0.2) is 0 Å². The molecule has 0 atom stereocenters. The van der Waals surface area contributed by atoms with Crippen molar-refractivity contribution >= 4 is 11.6 Å². The topological polar surface area (TPSA) is 50.7 Å². The highest BCUT2D eigenvalue weighted by Crippen LogP contribution is 2.11. The number of carbonyl (C=O) groups is 1. The Kier molecular flexibility index (Phi) is 6.64. The van der Waals surface area contributed by atoms with E-state index in [0.717, 1.165) is 36.3 Å². The number of carbonyl (C=O) groups excluding carboxylic acids is 1. The zero-order valence-corrected chi connectivity index (χ0v) is 11.9. The second-order valence-electron chi connectivity index (χ2n) is 4.42.